The molecule has 1 aliphatic carbocycles. The number of aliphatic imine (C=N–C) groups is 1. The van der Waals surface area contributed by atoms with E-state index in [-0.39, 0.29) is 29.8 Å². The van der Waals surface area contributed by atoms with Crippen molar-refractivity contribution in [2.24, 2.45) is 10.9 Å². The number of halogens is 2. The van der Waals surface area contributed by atoms with Crippen LogP contribution in [-0.4, -0.2) is 43.6 Å². The lowest BCUT2D eigenvalue weighted by atomic mass is 10.0. The van der Waals surface area contributed by atoms with Gasteiger partial charge in [0, 0.05) is 44.8 Å². The molecule has 32 heavy (non-hydrogen) atoms. The Bertz CT molecular complexity index is 865. The van der Waals surface area contributed by atoms with Gasteiger partial charge in [-0.25, -0.2) is 4.39 Å². The predicted octanol–water partition coefficient (Wildman–Crippen LogP) is 4.56. The highest BCUT2D eigenvalue weighted by atomic mass is 127. The first kappa shape index (κ1) is 24.8. The molecule has 1 saturated heterocycles. The van der Waals surface area contributed by atoms with Crippen molar-refractivity contribution < 1.29 is 9.13 Å². The van der Waals surface area contributed by atoms with Crippen LogP contribution in [0, 0.1) is 11.7 Å². The van der Waals surface area contributed by atoms with Crippen molar-refractivity contribution in [1.82, 2.24) is 15.5 Å². The molecule has 0 unspecified atom stereocenters. The fourth-order valence-electron chi connectivity index (χ4n) is 3.93. The van der Waals surface area contributed by atoms with Gasteiger partial charge in [-0.15, -0.1) is 24.0 Å². The average Bonchev–Trinajstić information content (AvgIpc) is 3.63. The van der Waals surface area contributed by atoms with Gasteiger partial charge >= 0.3 is 0 Å². The summed E-state index contributed by atoms with van der Waals surface area (Å²) in [7, 11) is 1.81. The molecule has 2 N–H and O–H groups in total. The van der Waals surface area contributed by atoms with E-state index >= 15 is 0 Å². The van der Waals surface area contributed by atoms with Crippen molar-refractivity contribution in [3.8, 4) is 5.75 Å². The molecule has 2 aliphatic rings. The van der Waals surface area contributed by atoms with Crippen molar-refractivity contribution in [3.63, 3.8) is 0 Å². The molecule has 0 spiro atoms. The van der Waals surface area contributed by atoms with Crippen molar-refractivity contribution in [2.45, 2.75) is 44.8 Å². The molecule has 2 aromatic rings. The molecular weight excluding hydrogens is 518 g/mol. The van der Waals surface area contributed by atoms with Gasteiger partial charge in [0.25, 0.3) is 0 Å². The Morgan fingerprint density at radius 3 is 2.47 bits per heavy atom. The highest BCUT2D eigenvalue weighted by Crippen LogP contribution is 2.30. The quantitative estimate of drug-likeness (QED) is 0.287. The van der Waals surface area contributed by atoms with E-state index < -0.39 is 0 Å². The SMILES string of the molecule is CN=C(NCc1ccccc1OCC1CC1)NC1CCN(Cc2ccc(F)cc2)CC1.I. The summed E-state index contributed by atoms with van der Waals surface area (Å²) in [6, 6.07) is 15.4. The van der Waals surface area contributed by atoms with E-state index in [1.54, 1.807) is 0 Å². The first-order valence-electron chi connectivity index (χ1n) is 11.3. The minimum Gasteiger partial charge on any atom is -0.493 e. The molecular formula is C25H34FIN4O. The van der Waals surface area contributed by atoms with Crippen LogP contribution in [0.15, 0.2) is 53.5 Å². The predicted molar refractivity (Wildman–Crippen MR) is 138 cm³/mol. The van der Waals surface area contributed by atoms with Crippen molar-refractivity contribution in [3.05, 3.63) is 65.5 Å². The molecule has 0 atom stereocenters. The largest absolute Gasteiger partial charge is 0.493 e. The maximum absolute atomic E-state index is 13.1. The molecule has 4 rings (SSSR count). The van der Waals surface area contributed by atoms with Gasteiger partial charge in [-0.1, -0.05) is 30.3 Å². The second kappa shape index (κ2) is 12.4. The summed E-state index contributed by atoms with van der Waals surface area (Å²) >= 11 is 0. The summed E-state index contributed by atoms with van der Waals surface area (Å²) in [5, 5.41) is 7.01. The molecule has 7 heteroatoms. The fourth-order valence-corrected chi connectivity index (χ4v) is 3.93. The van der Waals surface area contributed by atoms with Crippen LogP contribution in [-0.2, 0) is 13.1 Å². The van der Waals surface area contributed by atoms with Gasteiger partial charge in [-0.05, 0) is 55.4 Å². The molecule has 0 radical (unpaired) electrons. The number of hydrogen-bond acceptors (Lipinski definition) is 3. The van der Waals surface area contributed by atoms with Crippen molar-refractivity contribution >= 4 is 29.9 Å². The van der Waals surface area contributed by atoms with E-state index in [0.29, 0.717) is 12.6 Å². The van der Waals surface area contributed by atoms with Crippen LogP contribution >= 0.6 is 24.0 Å². The number of nitrogens with one attached hydrogen (secondary N) is 2. The summed E-state index contributed by atoms with van der Waals surface area (Å²) in [6.07, 6.45) is 4.70. The van der Waals surface area contributed by atoms with E-state index in [9.17, 15) is 4.39 Å². The van der Waals surface area contributed by atoms with Gasteiger partial charge in [0.2, 0.25) is 0 Å². The van der Waals surface area contributed by atoms with Crippen LogP contribution in [0.3, 0.4) is 0 Å². The molecule has 174 valence electrons. The molecule has 1 aliphatic heterocycles. The maximum atomic E-state index is 13.1. The summed E-state index contributed by atoms with van der Waals surface area (Å²) in [6.45, 7) is 4.41. The summed E-state index contributed by atoms with van der Waals surface area (Å²) in [5.41, 5.74) is 2.31. The van der Waals surface area contributed by atoms with Crippen molar-refractivity contribution in [2.75, 3.05) is 26.7 Å². The molecule has 1 saturated carbocycles. The second-order valence-electron chi connectivity index (χ2n) is 8.61. The van der Waals surface area contributed by atoms with Gasteiger partial charge in [-0.2, -0.15) is 0 Å². The molecule has 1 heterocycles. The number of rotatable bonds is 8. The smallest absolute Gasteiger partial charge is 0.191 e. The molecule has 5 nitrogen and oxygen atoms in total. The van der Waals surface area contributed by atoms with Crippen LogP contribution in [0.4, 0.5) is 4.39 Å². The average molecular weight is 552 g/mol. The highest BCUT2D eigenvalue weighted by Gasteiger charge is 2.22. The number of ether oxygens (including phenoxy) is 1. The third kappa shape index (κ3) is 7.62. The zero-order valence-electron chi connectivity index (χ0n) is 18.7. The minimum absolute atomic E-state index is 0. The molecule has 2 fully saturated rings. The van der Waals surface area contributed by atoms with Gasteiger partial charge in [-0.3, -0.25) is 9.89 Å². The highest BCUT2D eigenvalue weighted by molar-refractivity contribution is 14.0. The third-order valence-corrected chi connectivity index (χ3v) is 6.06. The minimum atomic E-state index is -0.178. The Balaban J connectivity index is 0.00000289. The van der Waals surface area contributed by atoms with Crippen molar-refractivity contribution in [1.29, 1.82) is 0 Å². The topological polar surface area (TPSA) is 48.9 Å². The van der Waals surface area contributed by atoms with E-state index in [1.165, 1.54) is 25.0 Å². The number of hydrogen-bond donors (Lipinski definition) is 2. The summed E-state index contributed by atoms with van der Waals surface area (Å²) < 4.78 is 19.1. The Labute approximate surface area is 207 Å². The van der Waals surface area contributed by atoms with E-state index in [1.807, 2.05) is 37.4 Å². The van der Waals surface area contributed by atoms with E-state index in [0.717, 1.165) is 67.8 Å². The van der Waals surface area contributed by atoms with E-state index in [2.05, 4.69) is 26.6 Å². The first-order valence-corrected chi connectivity index (χ1v) is 11.3. The molecule has 2 aromatic carbocycles. The second-order valence-corrected chi connectivity index (χ2v) is 8.61. The lowest BCUT2D eigenvalue weighted by molar-refractivity contribution is 0.198. The van der Waals surface area contributed by atoms with Crippen LogP contribution < -0.4 is 15.4 Å². The van der Waals surface area contributed by atoms with Gasteiger partial charge < -0.3 is 15.4 Å². The fraction of sp³-hybridized carbons (Fsp3) is 0.480. The van der Waals surface area contributed by atoms with Crippen LogP contribution in [0.2, 0.25) is 0 Å². The lowest BCUT2D eigenvalue weighted by Gasteiger charge is -2.33. The monoisotopic (exact) mass is 552 g/mol. The van der Waals surface area contributed by atoms with Crippen LogP contribution in [0.1, 0.15) is 36.8 Å². The third-order valence-electron chi connectivity index (χ3n) is 6.06. The molecule has 0 bridgehead atoms. The zero-order valence-corrected chi connectivity index (χ0v) is 21.1. The molecule has 0 aromatic heterocycles. The number of nitrogens with zero attached hydrogens (tertiary/aromatic N) is 2. The van der Waals surface area contributed by atoms with Gasteiger partial charge in [0.1, 0.15) is 11.6 Å². The van der Waals surface area contributed by atoms with Gasteiger partial charge in [0.05, 0.1) is 6.61 Å². The zero-order chi connectivity index (χ0) is 21.5. The Hall–Kier alpha value is -1.87. The number of guanidine groups is 1. The number of benzene rings is 2. The standard InChI is InChI=1S/C25H33FN4O.HI/c1-27-25(28-16-21-4-2-3-5-24(21)31-18-20-6-7-20)29-23-12-14-30(15-13-23)17-19-8-10-22(26)11-9-19;/h2-5,8-11,20,23H,6-7,12-18H2,1H3,(H2,27,28,29);1H. The first-order chi connectivity index (χ1) is 15.2. The summed E-state index contributed by atoms with van der Waals surface area (Å²) in [5.74, 6) is 2.35. The summed E-state index contributed by atoms with van der Waals surface area (Å²) in [4.78, 5) is 6.84. The number of para-hydroxylation sites is 1. The lowest BCUT2D eigenvalue weighted by Crippen LogP contribution is -2.48. The molecule has 0 amide bonds. The normalized spacial score (nSPS) is 17.5. The Kier molecular flexibility index (Phi) is 9.59. The van der Waals surface area contributed by atoms with E-state index in [4.69, 9.17) is 4.74 Å². The Morgan fingerprint density at radius 2 is 1.78 bits per heavy atom. The Morgan fingerprint density at radius 1 is 1.06 bits per heavy atom. The van der Waals surface area contributed by atoms with Crippen LogP contribution in [0.25, 0.3) is 0 Å². The number of likely N-dealkylation sites (tertiary alicyclic amines) is 1. The number of piperidine rings is 1. The van der Waals surface area contributed by atoms with Crippen LogP contribution in [0.5, 0.6) is 5.75 Å². The maximum Gasteiger partial charge on any atom is 0.191 e. The van der Waals surface area contributed by atoms with Gasteiger partial charge in [0.15, 0.2) is 5.96 Å².